The van der Waals surface area contributed by atoms with Gasteiger partial charge in [0, 0.05) is 18.7 Å². The van der Waals surface area contributed by atoms with Crippen LogP contribution in [0.5, 0.6) is 0 Å². The molecule has 2 atom stereocenters. The van der Waals surface area contributed by atoms with Crippen molar-refractivity contribution in [1.82, 2.24) is 5.32 Å². The van der Waals surface area contributed by atoms with Crippen LogP contribution in [-0.4, -0.2) is 24.7 Å². The number of ether oxygens (including phenoxy) is 1. The van der Waals surface area contributed by atoms with Gasteiger partial charge in [0.1, 0.15) is 0 Å². The molecular formula is C14H20N2O2. The van der Waals surface area contributed by atoms with Gasteiger partial charge in [-0.2, -0.15) is 0 Å². The van der Waals surface area contributed by atoms with Crippen LogP contribution in [0.2, 0.25) is 0 Å². The van der Waals surface area contributed by atoms with Crippen LogP contribution in [0.3, 0.4) is 0 Å². The lowest BCUT2D eigenvalue weighted by Crippen LogP contribution is -2.39. The molecule has 1 fully saturated rings. The van der Waals surface area contributed by atoms with E-state index < -0.39 is 0 Å². The highest BCUT2D eigenvalue weighted by molar-refractivity contribution is 5.76. The molecular weight excluding hydrogens is 228 g/mol. The van der Waals surface area contributed by atoms with Crippen LogP contribution in [0.25, 0.3) is 0 Å². The van der Waals surface area contributed by atoms with E-state index in [1.54, 1.807) is 0 Å². The standard InChI is InChI=1S/C14H20N2O2/c1-10-13(8-9-18-10)16-14(17)7-4-11-2-5-12(15)6-3-11/h2-3,5-6,10,13H,4,7-9,15H2,1H3,(H,16,17). The Morgan fingerprint density at radius 3 is 2.78 bits per heavy atom. The number of carbonyl (C=O) groups is 1. The number of benzene rings is 1. The number of nitrogens with one attached hydrogen (secondary N) is 1. The molecule has 1 aromatic carbocycles. The highest BCUT2D eigenvalue weighted by Crippen LogP contribution is 2.13. The molecule has 1 amide bonds. The lowest BCUT2D eigenvalue weighted by atomic mass is 10.1. The number of aryl methyl sites for hydroxylation is 1. The van der Waals surface area contributed by atoms with Crippen LogP contribution in [0, 0.1) is 0 Å². The van der Waals surface area contributed by atoms with Gasteiger partial charge in [0.2, 0.25) is 5.91 Å². The van der Waals surface area contributed by atoms with Crippen molar-refractivity contribution in [3.63, 3.8) is 0 Å². The number of rotatable bonds is 4. The lowest BCUT2D eigenvalue weighted by molar-refractivity contribution is -0.122. The molecule has 1 aliphatic rings. The van der Waals surface area contributed by atoms with E-state index in [1.807, 2.05) is 31.2 Å². The highest BCUT2D eigenvalue weighted by Gasteiger charge is 2.25. The van der Waals surface area contributed by atoms with E-state index in [4.69, 9.17) is 10.5 Å². The van der Waals surface area contributed by atoms with Crippen LogP contribution in [-0.2, 0) is 16.0 Å². The third kappa shape index (κ3) is 3.47. The molecule has 2 unspecified atom stereocenters. The SMILES string of the molecule is CC1OCCC1NC(=O)CCc1ccc(N)cc1. The van der Waals surface area contributed by atoms with Crippen molar-refractivity contribution in [2.45, 2.75) is 38.3 Å². The fraction of sp³-hybridized carbons (Fsp3) is 0.500. The Morgan fingerprint density at radius 1 is 1.44 bits per heavy atom. The molecule has 0 aliphatic carbocycles. The number of nitrogens with two attached hydrogens (primary N) is 1. The molecule has 98 valence electrons. The average Bonchev–Trinajstić information content (AvgIpc) is 2.74. The van der Waals surface area contributed by atoms with E-state index in [1.165, 1.54) is 0 Å². The van der Waals surface area contributed by atoms with Gasteiger partial charge in [0.05, 0.1) is 12.1 Å². The quantitative estimate of drug-likeness (QED) is 0.794. The number of hydrogen-bond donors (Lipinski definition) is 2. The zero-order valence-electron chi connectivity index (χ0n) is 10.7. The average molecular weight is 248 g/mol. The zero-order chi connectivity index (χ0) is 13.0. The molecule has 2 rings (SSSR count). The molecule has 0 bridgehead atoms. The summed E-state index contributed by atoms with van der Waals surface area (Å²) in [5.74, 6) is 0.0918. The van der Waals surface area contributed by atoms with Gasteiger partial charge in [0.15, 0.2) is 0 Å². The van der Waals surface area contributed by atoms with Gasteiger partial charge in [0.25, 0.3) is 0 Å². The maximum Gasteiger partial charge on any atom is 0.220 e. The van der Waals surface area contributed by atoms with Gasteiger partial charge in [-0.3, -0.25) is 4.79 Å². The lowest BCUT2D eigenvalue weighted by Gasteiger charge is -2.15. The molecule has 18 heavy (non-hydrogen) atoms. The number of hydrogen-bond acceptors (Lipinski definition) is 3. The number of nitrogen functional groups attached to an aromatic ring is 1. The molecule has 4 heteroatoms. The fourth-order valence-corrected chi connectivity index (χ4v) is 2.14. The minimum absolute atomic E-state index is 0.0918. The first-order valence-electron chi connectivity index (χ1n) is 6.40. The Hall–Kier alpha value is -1.55. The summed E-state index contributed by atoms with van der Waals surface area (Å²) in [4.78, 5) is 11.8. The van der Waals surface area contributed by atoms with Gasteiger partial charge in [-0.1, -0.05) is 12.1 Å². The molecule has 0 saturated carbocycles. The Balaban J connectivity index is 1.76. The van der Waals surface area contributed by atoms with Gasteiger partial charge >= 0.3 is 0 Å². The Labute approximate surface area is 108 Å². The zero-order valence-corrected chi connectivity index (χ0v) is 10.7. The predicted molar refractivity (Wildman–Crippen MR) is 71.1 cm³/mol. The first-order valence-corrected chi connectivity index (χ1v) is 6.40. The highest BCUT2D eigenvalue weighted by atomic mass is 16.5. The van der Waals surface area contributed by atoms with Gasteiger partial charge in [-0.15, -0.1) is 0 Å². The van der Waals surface area contributed by atoms with Crippen LogP contribution >= 0.6 is 0 Å². The smallest absolute Gasteiger partial charge is 0.220 e. The fourth-order valence-electron chi connectivity index (χ4n) is 2.14. The minimum atomic E-state index is 0.0918. The van der Waals surface area contributed by atoms with Crippen molar-refractivity contribution in [3.8, 4) is 0 Å². The summed E-state index contributed by atoms with van der Waals surface area (Å²) in [6, 6.07) is 7.82. The van der Waals surface area contributed by atoms with Crippen LogP contribution < -0.4 is 11.1 Å². The van der Waals surface area contributed by atoms with Crippen LogP contribution in [0.1, 0.15) is 25.3 Å². The third-order valence-electron chi connectivity index (χ3n) is 3.34. The second-order valence-electron chi connectivity index (χ2n) is 4.78. The van der Waals surface area contributed by atoms with Crippen molar-refractivity contribution >= 4 is 11.6 Å². The second-order valence-corrected chi connectivity index (χ2v) is 4.78. The van der Waals surface area contributed by atoms with E-state index in [9.17, 15) is 4.79 Å². The molecule has 1 heterocycles. The maximum atomic E-state index is 11.8. The van der Waals surface area contributed by atoms with Crippen molar-refractivity contribution in [3.05, 3.63) is 29.8 Å². The van der Waals surface area contributed by atoms with Crippen LogP contribution in [0.4, 0.5) is 5.69 Å². The summed E-state index contributed by atoms with van der Waals surface area (Å²) in [5.41, 5.74) is 7.50. The minimum Gasteiger partial charge on any atom is -0.399 e. The summed E-state index contributed by atoms with van der Waals surface area (Å²) < 4.78 is 5.41. The maximum absolute atomic E-state index is 11.8. The molecule has 4 nitrogen and oxygen atoms in total. The summed E-state index contributed by atoms with van der Waals surface area (Å²) >= 11 is 0. The molecule has 1 saturated heterocycles. The molecule has 0 radical (unpaired) electrons. The summed E-state index contributed by atoms with van der Waals surface area (Å²) in [7, 11) is 0. The Morgan fingerprint density at radius 2 is 2.17 bits per heavy atom. The normalized spacial score (nSPS) is 22.9. The third-order valence-corrected chi connectivity index (χ3v) is 3.34. The van der Waals surface area contributed by atoms with E-state index in [0.717, 1.165) is 30.7 Å². The molecule has 1 aliphatic heterocycles. The van der Waals surface area contributed by atoms with E-state index >= 15 is 0 Å². The van der Waals surface area contributed by atoms with Gasteiger partial charge in [-0.25, -0.2) is 0 Å². The number of carbonyl (C=O) groups excluding carboxylic acids is 1. The van der Waals surface area contributed by atoms with Gasteiger partial charge in [-0.05, 0) is 37.5 Å². The van der Waals surface area contributed by atoms with E-state index in [-0.39, 0.29) is 18.1 Å². The molecule has 0 spiro atoms. The summed E-state index contributed by atoms with van der Waals surface area (Å²) in [5, 5.41) is 3.02. The van der Waals surface area contributed by atoms with E-state index in [0.29, 0.717) is 6.42 Å². The second kappa shape index (κ2) is 5.87. The van der Waals surface area contributed by atoms with Gasteiger partial charge < -0.3 is 15.8 Å². The van der Waals surface area contributed by atoms with Crippen molar-refractivity contribution in [2.75, 3.05) is 12.3 Å². The van der Waals surface area contributed by atoms with E-state index in [2.05, 4.69) is 5.32 Å². The van der Waals surface area contributed by atoms with Crippen LogP contribution in [0.15, 0.2) is 24.3 Å². The summed E-state index contributed by atoms with van der Waals surface area (Å²) in [6.07, 6.45) is 2.29. The first kappa shape index (κ1) is 12.9. The first-order chi connectivity index (χ1) is 8.65. The number of amides is 1. The Bertz CT molecular complexity index is 403. The molecule has 3 N–H and O–H groups in total. The molecule has 1 aromatic rings. The largest absolute Gasteiger partial charge is 0.399 e. The number of anilines is 1. The summed E-state index contributed by atoms with van der Waals surface area (Å²) in [6.45, 7) is 2.74. The predicted octanol–water partition coefficient (Wildman–Crippen LogP) is 1.49. The topological polar surface area (TPSA) is 64.3 Å². The monoisotopic (exact) mass is 248 g/mol. The molecule has 0 aromatic heterocycles. The van der Waals surface area contributed by atoms with Crippen molar-refractivity contribution < 1.29 is 9.53 Å². The Kier molecular flexibility index (Phi) is 4.20. The van der Waals surface area contributed by atoms with Crippen molar-refractivity contribution in [1.29, 1.82) is 0 Å². The van der Waals surface area contributed by atoms with Crippen molar-refractivity contribution in [2.24, 2.45) is 0 Å².